The summed E-state index contributed by atoms with van der Waals surface area (Å²) in [7, 11) is 1.19. The third kappa shape index (κ3) is 10.8. The molecule has 0 radical (unpaired) electrons. The van der Waals surface area contributed by atoms with Crippen LogP contribution in [0.1, 0.15) is 61.5 Å². The van der Waals surface area contributed by atoms with Gasteiger partial charge in [-0.05, 0) is 88.1 Å². The van der Waals surface area contributed by atoms with Gasteiger partial charge < -0.3 is 41.8 Å². The number of hydrogen-bond acceptors (Lipinski definition) is 9. The van der Waals surface area contributed by atoms with E-state index in [4.69, 9.17) is 38.4 Å². The fraction of sp³-hybridized carbons (Fsp3) is 0.361. The van der Waals surface area contributed by atoms with Crippen LogP contribution in [0.15, 0.2) is 65.1 Å². The van der Waals surface area contributed by atoms with E-state index in [9.17, 15) is 24.0 Å². The van der Waals surface area contributed by atoms with Crippen LogP contribution in [0.4, 0.5) is 16.2 Å². The summed E-state index contributed by atoms with van der Waals surface area (Å²) in [5.74, 6) is -2.32. The molecule has 0 aliphatic carbocycles. The lowest BCUT2D eigenvalue weighted by Crippen LogP contribution is -2.47. The molecule has 1 aliphatic rings. The Morgan fingerprint density at radius 3 is 2.40 bits per heavy atom. The molecule has 0 bridgehead atoms. The van der Waals surface area contributed by atoms with E-state index in [1.165, 1.54) is 7.11 Å². The van der Waals surface area contributed by atoms with E-state index in [0.29, 0.717) is 37.9 Å². The number of rotatable bonds is 14. The number of halogens is 3. The smallest absolute Gasteiger partial charge is 0.408 e. The van der Waals surface area contributed by atoms with Gasteiger partial charge in [-0.1, -0.05) is 57.3 Å². The second kappa shape index (κ2) is 17.4. The minimum absolute atomic E-state index is 0.146. The van der Waals surface area contributed by atoms with Crippen LogP contribution in [0.2, 0.25) is 10.0 Å². The first-order valence-corrected chi connectivity index (χ1v) is 17.9. The van der Waals surface area contributed by atoms with Crippen molar-refractivity contribution in [3.05, 3.63) is 91.9 Å². The van der Waals surface area contributed by atoms with E-state index in [2.05, 4.69) is 42.5 Å². The highest BCUT2D eigenvalue weighted by atomic mass is 79.9. The summed E-state index contributed by atoms with van der Waals surface area (Å²) in [6, 6.07) is 16.0. The van der Waals surface area contributed by atoms with Crippen molar-refractivity contribution < 1.29 is 33.4 Å². The maximum Gasteiger partial charge on any atom is 0.408 e. The molecule has 13 nitrogen and oxygen atoms in total. The van der Waals surface area contributed by atoms with Gasteiger partial charge in [-0.15, -0.1) is 0 Å². The third-order valence-electron chi connectivity index (χ3n) is 7.95. The minimum atomic E-state index is -1.38. The lowest BCUT2D eigenvalue weighted by atomic mass is 9.84. The van der Waals surface area contributed by atoms with Crippen molar-refractivity contribution >= 4 is 80.3 Å². The molecular weight excluding hydrogens is 779 g/mol. The molecule has 1 heterocycles. The summed E-state index contributed by atoms with van der Waals surface area (Å²) in [6.45, 7) is 4.70. The summed E-state index contributed by atoms with van der Waals surface area (Å²) in [6.07, 6.45) is -0.469. The van der Waals surface area contributed by atoms with Gasteiger partial charge in [-0.2, -0.15) is 0 Å². The van der Waals surface area contributed by atoms with Gasteiger partial charge in [-0.25, -0.2) is 9.59 Å². The Hall–Kier alpha value is -4.37. The maximum atomic E-state index is 13.8. The summed E-state index contributed by atoms with van der Waals surface area (Å²) in [5.41, 5.74) is 6.26. The Labute approximate surface area is 320 Å². The van der Waals surface area contributed by atoms with Gasteiger partial charge in [0.15, 0.2) is 0 Å². The van der Waals surface area contributed by atoms with Crippen LogP contribution in [-0.2, 0) is 35.8 Å². The maximum absolute atomic E-state index is 13.8. The Morgan fingerprint density at radius 1 is 0.981 bits per heavy atom. The number of anilines is 2. The molecule has 0 fully saturated rings. The minimum Gasteiger partial charge on any atom is -0.467 e. The van der Waals surface area contributed by atoms with Crippen LogP contribution >= 0.6 is 39.1 Å². The predicted molar refractivity (Wildman–Crippen MR) is 202 cm³/mol. The number of ether oxygens (including phenoxy) is 2. The standard InChI is InChI=1S/C36H41BrCl2N6O7/c1-35(2,3)52-34(50)44-29(40)10-6-9-26(32(48)51-4)42-30(46)19-41-31(47)24-13-11-21(37)16-27(24)45-36(18-20-7-5-8-22(38)15-20)25-14-12-23(39)17-28(25)43-33(36)49/h5,7-8,11-17,26,29,45H,6,9-10,18-19,40H2,1-4H3,(H,41,47)(H,42,46)(H,43,49)(H,44,50). The lowest BCUT2D eigenvalue weighted by molar-refractivity contribution is -0.145. The summed E-state index contributed by atoms with van der Waals surface area (Å²) >= 11 is 16.0. The van der Waals surface area contributed by atoms with Crippen LogP contribution in [0.25, 0.3) is 0 Å². The highest BCUT2D eigenvalue weighted by Gasteiger charge is 2.47. The molecule has 0 saturated carbocycles. The molecule has 3 aromatic carbocycles. The SMILES string of the molecule is COC(=O)C(CCCC(N)NC(=O)OC(C)(C)C)NC(=O)CNC(=O)c1ccc(Br)cc1NC1(Cc2cccc(Cl)c2)C(=O)Nc2cc(Cl)ccc21. The number of nitrogens with two attached hydrogens (primary N) is 1. The molecule has 0 saturated heterocycles. The number of fused-ring (bicyclic) bond motifs is 1. The first kappa shape index (κ1) is 40.4. The van der Waals surface area contributed by atoms with Crippen molar-refractivity contribution in [2.24, 2.45) is 5.73 Å². The van der Waals surface area contributed by atoms with Gasteiger partial charge >= 0.3 is 12.1 Å². The molecule has 52 heavy (non-hydrogen) atoms. The molecule has 3 unspecified atom stereocenters. The number of benzene rings is 3. The van der Waals surface area contributed by atoms with Crippen molar-refractivity contribution in [3.8, 4) is 0 Å². The Bertz CT molecular complexity index is 1840. The molecule has 278 valence electrons. The number of carbonyl (C=O) groups excluding carboxylic acids is 5. The summed E-state index contributed by atoms with van der Waals surface area (Å²) in [4.78, 5) is 64.9. The quantitative estimate of drug-likeness (QED) is 0.0886. The van der Waals surface area contributed by atoms with Gasteiger partial charge in [0, 0.05) is 37.9 Å². The van der Waals surface area contributed by atoms with Crippen LogP contribution in [-0.4, -0.2) is 61.2 Å². The van der Waals surface area contributed by atoms with Crippen molar-refractivity contribution in [2.75, 3.05) is 24.3 Å². The van der Waals surface area contributed by atoms with E-state index in [1.54, 1.807) is 75.4 Å². The molecule has 4 amide bonds. The number of alkyl carbamates (subject to hydrolysis) is 1. The van der Waals surface area contributed by atoms with Crippen molar-refractivity contribution in [1.82, 2.24) is 16.0 Å². The van der Waals surface area contributed by atoms with Gasteiger partial charge in [-0.3, -0.25) is 14.4 Å². The topological polar surface area (TPSA) is 190 Å². The van der Waals surface area contributed by atoms with E-state index in [0.717, 1.165) is 5.56 Å². The highest BCUT2D eigenvalue weighted by molar-refractivity contribution is 9.10. The second-order valence-electron chi connectivity index (χ2n) is 13.2. The fourth-order valence-corrected chi connectivity index (χ4v) is 6.40. The predicted octanol–water partition coefficient (Wildman–Crippen LogP) is 5.63. The molecule has 7 N–H and O–H groups in total. The first-order valence-electron chi connectivity index (χ1n) is 16.3. The Kier molecular flexibility index (Phi) is 13.5. The zero-order chi connectivity index (χ0) is 38.2. The molecular formula is C36H41BrCl2N6O7. The molecule has 3 aromatic rings. The van der Waals surface area contributed by atoms with Crippen LogP contribution in [0.5, 0.6) is 0 Å². The molecule has 3 atom stereocenters. The molecule has 0 aromatic heterocycles. The number of esters is 1. The zero-order valence-electron chi connectivity index (χ0n) is 29.0. The lowest BCUT2D eigenvalue weighted by Gasteiger charge is -2.31. The van der Waals surface area contributed by atoms with Gasteiger partial charge in [0.05, 0.1) is 25.4 Å². The number of carbonyl (C=O) groups is 5. The van der Waals surface area contributed by atoms with E-state index in [1.807, 2.05) is 6.07 Å². The van der Waals surface area contributed by atoms with Gasteiger partial charge in [0.1, 0.15) is 17.2 Å². The van der Waals surface area contributed by atoms with Gasteiger partial charge in [0.25, 0.3) is 11.8 Å². The van der Waals surface area contributed by atoms with Crippen molar-refractivity contribution in [3.63, 3.8) is 0 Å². The molecule has 4 rings (SSSR count). The average Bonchev–Trinajstić information content (AvgIpc) is 3.30. The Balaban J connectivity index is 1.46. The number of hydrogen-bond donors (Lipinski definition) is 6. The highest BCUT2D eigenvalue weighted by Crippen LogP contribution is 2.43. The fourth-order valence-electron chi connectivity index (χ4n) is 5.65. The van der Waals surface area contributed by atoms with Gasteiger partial charge in [0.2, 0.25) is 5.91 Å². The van der Waals surface area contributed by atoms with E-state index < -0.39 is 53.8 Å². The number of methoxy groups -OCH3 is 1. The summed E-state index contributed by atoms with van der Waals surface area (Å²) in [5, 5.41) is 14.9. The number of nitrogens with one attached hydrogen (secondary N) is 5. The monoisotopic (exact) mass is 818 g/mol. The molecule has 16 heteroatoms. The van der Waals surface area contributed by atoms with E-state index in [-0.39, 0.29) is 30.7 Å². The third-order valence-corrected chi connectivity index (χ3v) is 8.91. The van der Waals surface area contributed by atoms with Crippen molar-refractivity contribution in [1.29, 1.82) is 0 Å². The largest absolute Gasteiger partial charge is 0.467 e. The second-order valence-corrected chi connectivity index (χ2v) is 15.0. The van der Waals surface area contributed by atoms with Crippen molar-refractivity contribution in [2.45, 2.75) is 69.8 Å². The molecule has 1 aliphatic heterocycles. The van der Waals surface area contributed by atoms with Crippen LogP contribution < -0.4 is 32.3 Å². The molecule has 0 spiro atoms. The normalized spacial score (nSPS) is 16.1. The van der Waals surface area contributed by atoms with Crippen LogP contribution in [0.3, 0.4) is 0 Å². The average molecular weight is 821 g/mol. The van der Waals surface area contributed by atoms with Crippen LogP contribution in [0, 0.1) is 0 Å². The van der Waals surface area contributed by atoms with E-state index >= 15 is 0 Å². The summed E-state index contributed by atoms with van der Waals surface area (Å²) < 4.78 is 10.7. The first-order chi connectivity index (χ1) is 24.5. The Morgan fingerprint density at radius 2 is 1.71 bits per heavy atom. The zero-order valence-corrected chi connectivity index (χ0v) is 32.1. The number of amides is 4.